The fourth-order valence-corrected chi connectivity index (χ4v) is 4.38. The number of amides is 2. The molecule has 0 aromatic heterocycles. The number of benzene rings is 1. The molecule has 1 aromatic carbocycles. The number of carbonyl (C=O) groups excluding carboxylic acids is 2. The summed E-state index contributed by atoms with van der Waals surface area (Å²) in [7, 11) is 0. The average Bonchev–Trinajstić information content (AvgIpc) is 3.03. The quantitative estimate of drug-likeness (QED) is 0.887. The van der Waals surface area contributed by atoms with Crippen LogP contribution in [0.2, 0.25) is 0 Å². The summed E-state index contributed by atoms with van der Waals surface area (Å²) in [6.07, 6.45) is 3.76. The van der Waals surface area contributed by atoms with Gasteiger partial charge in [-0.15, -0.1) is 0 Å². The Morgan fingerprint density at radius 3 is 2.83 bits per heavy atom. The summed E-state index contributed by atoms with van der Waals surface area (Å²) in [6, 6.07) is 8.48. The molecule has 1 spiro atoms. The Morgan fingerprint density at radius 2 is 2.00 bits per heavy atom. The molecule has 3 aliphatic rings. The highest BCUT2D eigenvalue weighted by Crippen LogP contribution is 2.37. The van der Waals surface area contributed by atoms with Crippen LogP contribution in [-0.4, -0.2) is 54.3 Å². The molecular formula is C19H25N3O2. The van der Waals surface area contributed by atoms with Gasteiger partial charge in [0.05, 0.1) is 12.0 Å². The van der Waals surface area contributed by atoms with E-state index in [0.717, 1.165) is 51.9 Å². The van der Waals surface area contributed by atoms with Crippen LogP contribution in [0.3, 0.4) is 0 Å². The molecule has 4 rings (SSSR count). The molecule has 1 atom stereocenters. The van der Waals surface area contributed by atoms with E-state index in [9.17, 15) is 9.59 Å². The van der Waals surface area contributed by atoms with Crippen molar-refractivity contribution in [1.82, 2.24) is 15.1 Å². The van der Waals surface area contributed by atoms with E-state index in [4.69, 9.17) is 0 Å². The molecule has 128 valence electrons. The van der Waals surface area contributed by atoms with Gasteiger partial charge < -0.3 is 10.2 Å². The first kappa shape index (κ1) is 15.6. The molecule has 1 aromatic rings. The van der Waals surface area contributed by atoms with Crippen molar-refractivity contribution in [3.8, 4) is 0 Å². The third-order valence-corrected chi connectivity index (χ3v) is 5.87. The lowest BCUT2D eigenvalue weighted by Gasteiger charge is -2.33. The molecule has 24 heavy (non-hydrogen) atoms. The molecule has 5 nitrogen and oxygen atoms in total. The number of hydrogen-bond donors (Lipinski definition) is 1. The minimum atomic E-state index is -0.317. The van der Waals surface area contributed by atoms with Crippen molar-refractivity contribution in [2.45, 2.75) is 32.2 Å². The highest BCUT2D eigenvalue weighted by molar-refractivity contribution is 5.86. The highest BCUT2D eigenvalue weighted by atomic mass is 16.2. The Bertz CT molecular complexity index is 660. The van der Waals surface area contributed by atoms with Gasteiger partial charge in [-0.2, -0.15) is 0 Å². The lowest BCUT2D eigenvalue weighted by molar-refractivity contribution is -0.135. The number of nitrogens with one attached hydrogen (secondary N) is 1. The standard InChI is InChI=1S/C19H25N3O2/c23-17(13-21-10-6-15-4-1-2-5-16(15)12-21)22-11-8-19(14-22)7-3-9-20-18(19)24/h1-2,4-5H,3,6-14H2,(H,20,24)/t19-/m1/s1. The van der Waals surface area contributed by atoms with Gasteiger partial charge in [0, 0.05) is 32.7 Å². The largest absolute Gasteiger partial charge is 0.356 e. The van der Waals surface area contributed by atoms with E-state index < -0.39 is 0 Å². The average molecular weight is 327 g/mol. The van der Waals surface area contributed by atoms with Crippen LogP contribution in [0.25, 0.3) is 0 Å². The van der Waals surface area contributed by atoms with Gasteiger partial charge in [0.25, 0.3) is 0 Å². The molecule has 5 heteroatoms. The van der Waals surface area contributed by atoms with Crippen molar-refractivity contribution >= 4 is 11.8 Å². The summed E-state index contributed by atoms with van der Waals surface area (Å²) in [5.74, 6) is 0.320. The summed E-state index contributed by atoms with van der Waals surface area (Å²) >= 11 is 0. The van der Waals surface area contributed by atoms with Crippen LogP contribution in [0.4, 0.5) is 0 Å². The van der Waals surface area contributed by atoms with Crippen molar-refractivity contribution in [3.05, 3.63) is 35.4 Å². The second-order valence-corrected chi connectivity index (χ2v) is 7.43. The molecule has 0 radical (unpaired) electrons. The van der Waals surface area contributed by atoms with Crippen molar-refractivity contribution in [2.24, 2.45) is 5.41 Å². The maximum absolute atomic E-state index is 12.7. The van der Waals surface area contributed by atoms with Crippen LogP contribution in [0.1, 0.15) is 30.4 Å². The first-order valence-electron chi connectivity index (χ1n) is 9.02. The number of piperidine rings is 1. The van der Waals surface area contributed by atoms with E-state index >= 15 is 0 Å². The lowest BCUT2D eigenvalue weighted by Crippen LogP contribution is -2.48. The summed E-state index contributed by atoms with van der Waals surface area (Å²) < 4.78 is 0. The van der Waals surface area contributed by atoms with E-state index in [1.54, 1.807) is 0 Å². The van der Waals surface area contributed by atoms with Crippen molar-refractivity contribution in [3.63, 3.8) is 0 Å². The number of carbonyl (C=O) groups is 2. The molecule has 3 heterocycles. The minimum absolute atomic E-state index is 0.149. The Balaban J connectivity index is 1.37. The van der Waals surface area contributed by atoms with E-state index in [1.165, 1.54) is 11.1 Å². The zero-order valence-electron chi connectivity index (χ0n) is 14.1. The van der Waals surface area contributed by atoms with Gasteiger partial charge >= 0.3 is 0 Å². The highest BCUT2D eigenvalue weighted by Gasteiger charge is 2.46. The molecule has 0 unspecified atom stereocenters. The smallest absolute Gasteiger partial charge is 0.236 e. The zero-order chi connectivity index (χ0) is 16.6. The molecule has 2 saturated heterocycles. The van der Waals surface area contributed by atoms with E-state index in [-0.39, 0.29) is 17.2 Å². The second-order valence-electron chi connectivity index (χ2n) is 7.43. The fraction of sp³-hybridized carbons (Fsp3) is 0.579. The molecule has 0 aliphatic carbocycles. The number of hydrogen-bond acceptors (Lipinski definition) is 3. The van der Waals surface area contributed by atoms with Crippen LogP contribution >= 0.6 is 0 Å². The number of likely N-dealkylation sites (tertiary alicyclic amines) is 1. The Morgan fingerprint density at radius 1 is 1.17 bits per heavy atom. The SMILES string of the molecule is O=C(CN1CCc2ccccc2C1)N1CC[C@]2(CCCNC2=O)C1. The van der Waals surface area contributed by atoms with Gasteiger partial charge in [-0.3, -0.25) is 14.5 Å². The number of rotatable bonds is 2. The van der Waals surface area contributed by atoms with Gasteiger partial charge in [-0.05, 0) is 36.8 Å². The Kier molecular flexibility index (Phi) is 4.04. The molecule has 1 N–H and O–H groups in total. The van der Waals surface area contributed by atoms with Crippen molar-refractivity contribution in [2.75, 3.05) is 32.7 Å². The molecule has 2 amide bonds. The third kappa shape index (κ3) is 2.81. The van der Waals surface area contributed by atoms with Gasteiger partial charge in [0.15, 0.2) is 0 Å². The van der Waals surface area contributed by atoms with E-state index in [0.29, 0.717) is 13.1 Å². The Hall–Kier alpha value is -1.88. The maximum Gasteiger partial charge on any atom is 0.236 e. The lowest BCUT2D eigenvalue weighted by atomic mass is 9.79. The third-order valence-electron chi connectivity index (χ3n) is 5.87. The van der Waals surface area contributed by atoms with E-state index in [1.807, 2.05) is 4.90 Å². The van der Waals surface area contributed by atoms with Gasteiger partial charge in [-0.1, -0.05) is 24.3 Å². The zero-order valence-corrected chi connectivity index (χ0v) is 14.1. The maximum atomic E-state index is 12.7. The first-order valence-corrected chi connectivity index (χ1v) is 9.02. The molecule has 3 aliphatic heterocycles. The number of fused-ring (bicyclic) bond motifs is 1. The van der Waals surface area contributed by atoms with Crippen LogP contribution < -0.4 is 5.32 Å². The van der Waals surface area contributed by atoms with Gasteiger partial charge in [0.1, 0.15) is 0 Å². The van der Waals surface area contributed by atoms with Gasteiger partial charge in [-0.25, -0.2) is 0 Å². The monoisotopic (exact) mass is 327 g/mol. The summed E-state index contributed by atoms with van der Waals surface area (Å²) in [5, 5.41) is 2.98. The minimum Gasteiger partial charge on any atom is -0.356 e. The first-order chi connectivity index (χ1) is 11.7. The molecule has 2 fully saturated rings. The van der Waals surface area contributed by atoms with Crippen LogP contribution in [0, 0.1) is 5.41 Å². The van der Waals surface area contributed by atoms with Crippen molar-refractivity contribution in [1.29, 1.82) is 0 Å². The predicted molar refractivity (Wildman–Crippen MR) is 91.3 cm³/mol. The van der Waals surface area contributed by atoms with Crippen LogP contribution in [0.5, 0.6) is 0 Å². The molecule has 0 bridgehead atoms. The summed E-state index contributed by atoms with van der Waals surface area (Å²) in [6.45, 7) is 4.34. The van der Waals surface area contributed by atoms with Gasteiger partial charge in [0.2, 0.25) is 11.8 Å². The van der Waals surface area contributed by atoms with Crippen LogP contribution in [-0.2, 0) is 22.6 Å². The normalized spacial score (nSPS) is 27.2. The Labute approximate surface area is 143 Å². The van der Waals surface area contributed by atoms with Crippen molar-refractivity contribution < 1.29 is 9.59 Å². The molecular weight excluding hydrogens is 302 g/mol. The van der Waals surface area contributed by atoms with Crippen LogP contribution in [0.15, 0.2) is 24.3 Å². The summed E-state index contributed by atoms with van der Waals surface area (Å²) in [5.41, 5.74) is 2.42. The number of nitrogens with zero attached hydrogens (tertiary/aromatic N) is 2. The molecule has 0 saturated carbocycles. The van der Waals surface area contributed by atoms with E-state index in [2.05, 4.69) is 34.5 Å². The predicted octanol–water partition coefficient (Wildman–Crippen LogP) is 1.17. The topological polar surface area (TPSA) is 52.7 Å². The summed E-state index contributed by atoms with van der Waals surface area (Å²) in [4.78, 5) is 29.1. The second kappa shape index (κ2) is 6.20. The fourth-order valence-electron chi connectivity index (χ4n) is 4.38.